The van der Waals surface area contributed by atoms with E-state index in [0.29, 0.717) is 0 Å². The fourth-order valence-electron chi connectivity index (χ4n) is 3.31. The van der Waals surface area contributed by atoms with Gasteiger partial charge in [-0.1, -0.05) is 103 Å². The third-order valence-corrected chi connectivity index (χ3v) is 4.83. The molecule has 1 rings (SSSR count). The summed E-state index contributed by atoms with van der Waals surface area (Å²) < 4.78 is 0. The topological polar surface area (TPSA) is 12.9 Å². The lowest BCUT2D eigenvalue weighted by Crippen LogP contribution is -2.01. The van der Waals surface area contributed by atoms with Crippen molar-refractivity contribution in [2.45, 2.75) is 104 Å². The van der Waals surface area contributed by atoms with Gasteiger partial charge in [-0.05, 0) is 24.5 Å². The lowest BCUT2D eigenvalue weighted by atomic mass is 9.97. The summed E-state index contributed by atoms with van der Waals surface area (Å²) in [4.78, 5) is 4.43. The first-order valence-corrected chi connectivity index (χ1v) is 10.2. The standard InChI is InChI=1S/C22H39N/c1-3-4-5-6-7-8-9-10-11-12-13-14-17-21(2)20-22-18-15-16-19-23-22/h15-16,18-19,21H,3-14,17,20H2,1-2H3. The van der Waals surface area contributed by atoms with Crippen LogP contribution in [-0.2, 0) is 6.42 Å². The Labute approximate surface area is 145 Å². The van der Waals surface area contributed by atoms with E-state index in [0.717, 1.165) is 12.3 Å². The van der Waals surface area contributed by atoms with Gasteiger partial charge in [0.15, 0.2) is 0 Å². The molecule has 0 fully saturated rings. The van der Waals surface area contributed by atoms with E-state index in [1.165, 1.54) is 89.2 Å². The smallest absolute Gasteiger partial charge is 0.0406 e. The highest BCUT2D eigenvalue weighted by molar-refractivity contribution is 5.03. The van der Waals surface area contributed by atoms with Gasteiger partial charge in [0.1, 0.15) is 0 Å². The van der Waals surface area contributed by atoms with E-state index < -0.39 is 0 Å². The summed E-state index contributed by atoms with van der Waals surface area (Å²) in [5, 5.41) is 0. The molecule has 1 aromatic rings. The predicted octanol–water partition coefficient (Wildman–Crippen LogP) is 7.35. The first kappa shape index (κ1) is 20.2. The van der Waals surface area contributed by atoms with E-state index in [9.17, 15) is 0 Å². The molecule has 0 N–H and O–H groups in total. The van der Waals surface area contributed by atoms with Crippen molar-refractivity contribution >= 4 is 0 Å². The fraction of sp³-hybridized carbons (Fsp3) is 0.773. The van der Waals surface area contributed by atoms with Crippen LogP contribution in [-0.4, -0.2) is 4.98 Å². The van der Waals surface area contributed by atoms with Crippen LogP contribution < -0.4 is 0 Å². The van der Waals surface area contributed by atoms with Gasteiger partial charge in [0, 0.05) is 11.9 Å². The molecule has 0 aromatic carbocycles. The highest BCUT2D eigenvalue weighted by atomic mass is 14.7. The van der Waals surface area contributed by atoms with Crippen LogP contribution in [0.1, 0.15) is 103 Å². The van der Waals surface area contributed by atoms with E-state index in [2.05, 4.69) is 31.0 Å². The van der Waals surface area contributed by atoms with Gasteiger partial charge >= 0.3 is 0 Å². The van der Waals surface area contributed by atoms with Crippen molar-refractivity contribution in [3.8, 4) is 0 Å². The molecular formula is C22H39N. The molecule has 0 saturated carbocycles. The Hall–Kier alpha value is -0.850. The van der Waals surface area contributed by atoms with Crippen LogP contribution >= 0.6 is 0 Å². The zero-order chi connectivity index (χ0) is 16.6. The van der Waals surface area contributed by atoms with Crippen LogP contribution in [0.4, 0.5) is 0 Å². The molecule has 1 atom stereocenters. The minimum Gasteiger partial charge on any atom is -0.261 e. The minimum absolute atomic E-state index is 0.771. The average molecular weight is 318 g/mol. The molecule has 0 aliphatic rings. The Morgan fingerprint density at radius 2 is 1.35 bits per heavy atom. The Morgan fingerprint density at radius 3 is 1.87 bits per heavy atom. The van der Waals surface area contributed by atoms with Crippen molar-refractivity contribution in [3.63, 3.8) is 0 Å². The van der Waals surface area contributed by atoms with E-state index in [-0.39, 0.29) is 0 Å². The van der Waals surface area contributed by atoms with Crippen LogP contribution in [0.2, 0.25) is 0 Å². The maximum atomic E-state index is 4.43. The third-order valence-electron chi connectivity index (χ3n) is 4.83. The summed E-state index contributed by atoms with van der Waals surface area (Å²) in [6.45, 7) is 4.66. The zero-order valence-electron chi connectivity index (χ0n) is 15.7. The van der Waals surface area contributed by atoms with Crippen molar-refractivity contribution in [2.24, 2.45) is 5.92 Å². The van der Waals surface area contributed by atoms with Crippen molar-refractivity contribution in [2.75, 3.05) is 0 Å². The molecule has 0 aliphatic carbocycles. The molecule has 1 nitrogen and oxygen atoms in total. The van der Waals surface area contributed by atoms with Gasteiger partial charge in [0.25, 0.3) is 0 Å². The lowest BCUT2D eigenvalue weighted by Gasteiger charge is -2.10. The first-order valence-electron chi connectivity index (χ1n) is 10.2. The van der Waals surface area contributed by atoms with Crippen LogP contribution in [0.25, 0.3) is 0 Å². The molecule has 1 heteroatoms. The van der Waals surface area contributed by atoms with Crippen LogP contribution in [0, 0.1) is 5.92 Å². The van der Waals surface area contributed by atoms with Gasteiger partial charge in [-0.15, -0.1) is 0 Å². The molecule has 0 spiro atoms. The van der Waals surface area contributed by atoms with E-state index >= 15 is 0 Å². The number of nitrogens with zero attached hydrogens (tertiary/aromatic N) is 1. The van der Waals surface area contributed by atoms with E-state index in [4.69, 9.17) is 0 Å². The SMILES string of the molecule is CCCCCCCCCCCCCCC(C)Cc1ccccn1. The molecule has 0 bridgehead atoms. The second-order valence-electron chi connectivity index (χ2n) is 7.31. The first-order chi connectivity index (χ1) is 11.3. The summed E-state index contributed by atoms with van der Waals surface area (Å²) in [5.41, 5.74) is 1.25. The second-order valence-corrected chi connectivity index (χ2v) is 7.31. The number of hydrogen-bond acceptors (Lipinski definition) is 1. The molecule has 1 aromatic heterocycles. The maximum Gasteiger partial charge on any atom is 0.0406 e. The van der Waals surface area contributed by atoms with Gasteiger partial charge in [-0.2, -0.15) is 0 Å². The van der Waals surface area contributed by atoms with E-state index in [1.54, 1.807) is 0 Å². The van der Waals surface area contributed by atoms with Crippen molar-refractivity contribution < 1.29 is 0 Å². The van der Waals surface area contributed by atoms with E-state index in [1.807, 2.05) is 12.3 Å². The van der Waals surface area contributed by atoms with Gasteiger partial charge < -0.3 is 0 Å². The number of rotatable bonds is 15. The molecule has 0 amide bonds. The quantitative estimate of drug-likeness (QED) is 0.308. The molecular weight excluding hydrogens is 278 g/mol. The van der Waals surface area contributed by atoms with Gasteiger partial charge in [-0.3, -0.25) is 4.98 Å². The maximum absolute atomic E-state index is 4.43. The molecule has 1 unspecified atom stereocenters. The predicted molar refractivity (Wildman–Crippen MR) is 103 cm³/mol. The Bertz CT molecular complexity index is 346. The second kappa shape index (κ2) is 14.7. The van der Waals surface area contributed by atoms with Crippen LogP contribution in [0.15, 0.2) is 24.4 Å². The zero-order valence-corrected chi connectivity index (χ0v) is 15.7. The highest BCUT2D eigenvalue weighted by Crippen LogP contribution is 2.16. The molecule has 132 valence electrons. The van der Waals surface area contributed by atoms with Gasteiger partial charge in [0.05, 0.1) is 0 Å². The van der Waals surface area contributed by atoms with Crippen molar-refractivity contribution in [3.05, 3.63) is 30.1 Å². The van der Waals surface area contributed by atoms with Crippen molar-refractivity contribution in [1.29, 1.82) is 0 Å². The molecule has 0 aliphatic heterocycles. The fourth-order valence-corrected chi connectivity index (χ4v) is 3.31. The van der Waals surface area contributed by atoms with Gasteiger partial charge in [-0.25, -0.2) is 0 Å². The summed E-state index contributed by atoms with van der Waals surface area (Å²) in [7, 11) is 0. The van der Waals surface area contributed by atoms with Crippen molar-refractivity contribution in [1.82, 2.24) is 4.98 Å². The Morgan fingerprint density at radius 1 is 0.783 bits per heavy atom. The Balaban J connectivity index is 1.82. The Kier molecular flexibility index (Phi) is 12.9. The summed E-state index contributed by atoms with van der Waals surface area (Å²) in [6.07, 6.45) is 21.6. The number of hydrogen-bond donors (Lipinski definition) is 0. The minimum atomic E-state index is 0.771. The van der Waals surface area contributed by atoms with Gasteiger partial charge in [0.2, 0.25) is 0 Å². The average Bonchev–Trinajstić information content (AvgIpc) is 2.57. The van der Waals surface area contributed by atoms with Crippen LogP contribution in [0.5, 0.6) is 0 Å². The molecule has 0 saturated heterocycles. The number of unbranched alkanes of at least 4 members (excludes halogenated alkanes) is 11. The van der Waals surface area contributed by atoms with Crippen LogP contribution in [0.3, 0.4) is 0 Å². The molecule has 1 heterocycles. The largest absolute Gasteiger partial charge is 0.261 e. The number of aromatic nitrogens is 1. The normalized spacial score (nSPS) is 12.4. The molecule has 0 radical (unpaired) electrons. The summed E-state index contributed by atoms with van der Waals surface area (Å²) in [5.74, 6) is 0.771. The highest BCUT2D eigenvalue weighted by Gasteiger charge is 2.04. The monoisotopic (exact) mass is 317 g/mol. The number of pyridine rings is 1. The summed E-state index contributed by atoms with van der Waals surface area (Å²) in [6, 6.07) is 6.25. The molecule has 23 heavy (non-hydrogen) atoms. The lowest BCUT2D eigenvalue weighted by molar-refractivity contribution is 0.473. The third kappa shape index (κ3) is 12.3. The summed E-state index contributed by atoms with van der Waals surface area (Å²) >= 11 is 0.